The summed E-state index contributed by atoms with van der Waals surface area (Å²) in [6, 6.07) is 7.22. The Balaban J connectivity index is 2.71. The second-order valence-electron chi connectivity index (χ2n) is 4.59. The lowest BCUT2D eigenvalue weighted by molar-refractivity contribution is -0.115. The van der Waals surface area contributed by atoms with E-state index in [9.17, 15) is 14.9 Å². The maximum Gasteiger partial charge on any atom is 0.269 e. The number of nitrogens with zero attached hydrogens (tertiary/aromatic N) is 3. The van der Waals surface area contributed by atoms with Crippen LogP contribution in [0, 0.1) is 23.7 Å². The van der Waals surface area contributed by atoms with E-state index in [-0.39, 0.29) is 17.7 Å². The zero-order chi connectivity index (χ0) is 17.5. The summed E-state index contributed by atoms with van der Waals surface area (Å²) in [4.78, 5) is 28.7. The Morgan fingerprint density at radius 2 is 2.33 bits per heavy atom. The molecule has 0 spiro atoms. The first kappa shape index (κ1) is 17.2. The van der Waals surface area contributed by atoms with Gasteiger partial charge in [-0.25, -0.2) is 0 Å². The van der Waals surface area contributed by atoms with Crippen LogP contribution < -0.4 is 20.1 Å². The van der Waals surface area contributed by atoms with E-state index in [1.807, 2.05) is 12.1 Å². The van der Waals surface area contributed by atoms with Gasteiger partial charge in [0, 0.05) is 12.7 Å². The van der Waals surface area contributed by atoms with Gasteiger partial charge in [-0.1, -0.05) is 12.0 Å². The van der Waals surface area contributed by atoms with Crippen molar-refractivity contribution in [2.45, 2.75) is 13.5 Å². The first-order valence-electron chi connectivity index (χ1n) is 7.10. The summed E-state index contributed by atoms with van der Waals surface area (Å²) >= 11 is 1.08. The maximum absolute atomic E-state index is 12.5. The van der Waals surface area contributed by atoms with Gasteiger partial charge >= 0.3 is 0 Å². The normalized spacial score (nSPS) is 12.2. The highest BCUT2D eigenvalue weighted by Crippen LogP contribution is 1.95. The van der Waals surface area contributed by atoms with E-state index < -0.39 is 5.91 Å². The van der Waals surface area contributed by atoms with E-state index in [2.05, 4.69) is 16.2 Å². The molecule has 7 heteroatoms. The molecule has 24 heavy (non-hydrogen) atoms. The Bertz CT molecular complexity index is 1000. The molecule has 1 N–H and O–H groups in total. The van der Waals surface area contributed by atoms with E-state index in [4.69, 9.17) is 6.42 Å². The lowest BCUT2D eigenvalue weighted by atomic mass is 10.3. The van der Waals surface area contributed by atoms with Gasteiger partial charge in [-0.05, 0) is 25.1 Å². The summed E-state index contributed by atoms with van der Waals surface area (Å²) in [5.74, 6) is 1.68. The second kappa shape index (κ2) is 7.91. The second-order valence-corrected chi connectivity index (χ2v) is 5.62. The number of terminal acetylenes is 1. The van der Waals surface area contributed by atoms with Crippen molar-refractivity contribution in [3.63, 3.8) is 0 Å². The first-order chi connectivity index (χ1) is 11.6. The lowest BCUT2D eigenvalue weighted by Crippen LogP contribution is -2.34. The summed E-state index contributed by atoms with van der Waals surface area (Å²) in [6.07, 6.45) is 8.37. The average molecular weight is 338 g/mol. The fourth-order valence-corrected chi connectivity index (χ4v) is 3.15. The molecule has 0 aliphatic carbocycles. The third-order valence-corrected chi connectivity index (χ3v) is 4.22. The van der Waals surface area contributed by atoms with Crippen LogP contribution in [-0.4, -0.2) is 22.0 Å². The number of aromatic nitrogens is 2. The number of hydrogen-bond acceptors (Lipinski definition) is 5. The number of carbonyl (C=O) groups excluding carboxylic acids is 1. The number of thiazole rings is 1. The molecule has 0 saturated carbocycles. The van der Waals surface area contributed by atoms with Crippen molar-refractivity contribution >= 4 is 28.9 Å². The van der Waals surface area contributed by atoms with Crippen LogP contribution in [0.4, 0.5) is 0 Å². The van der Waals surface area contributed by atoms with Gasteiger partial charge in [0.05, 0.1) is 16.8 Å². The Labute approximate surface area is 142 Å². The average Bonchev–Trinajstić information content (AvgIpc) is 2.90. The van der Waals surface area contributed by atoms with Gasteiger partial charge in [0.2, 0.25) is 0 Å². The highest BCUT2D eigenvalue weighted by molar-refractivity contribution is 7.07. The minimum Gasteiger partial charge on any atom is -0.340 e. The van der Waals surface area contributed by atoms with Crippen molar-refractivity contribution in [3.8, 4) is 18.4 Å². The fourth-order valence-electron chi connectivity index (χ4n) is 2.00. The van der Waals surface area contributed by atoms with E-state index in [0.29, 0.717) is 21.4 Å². The van der Waals surface area contributed by atoms with E-state index >= 15 is 0 Å². The highest BCUT2D eigenvalue weighted by Gasteiger charge is 2.14. The molecule has 0 radical (unpaired) electrons. The number of pyridine rings is 1. The number of nitrogens with one attached hydrogen (secondary N) is 1. The van der Waals surface area contributed by atoms with Gasteiger partial charge in [-0.15, -0.1) is 17.8 Å². The molecule has 0 atom stereocenters. The van der Waals surface area contributed by atoms with Gasteiger partial charge < -0.3 is 5.32 Å². The molecule has 0 aliphatic rings. The predicted molar refractivity (Wildman–Crippen MR) is 92.2 cm³/mol. The standard InChI is InChI=1S/C17H14N4O2S/c1-3-8-20-15(22)13(11-18)17-21(4-2)16(23)14(24-17)10-12-7-5-6-9-19-12/h1,5-7,9-10H,4,8H2,2H3,(H,20,22). The molecule has 0 aromatic carbocycles. The Kier molecular flexibility index (Phi) is 5.67. The molecule has 2 heterocycles. The van der Waals surface area contributed by atoms with Crippen LogP contribution in [0.15, 0.2) is 29.2 Å². The molecular formula is C17H14N4O2S. The van der Waals surface area contributed by atoms with Gasteiger partial charge in [0.1, 0.15) is 10.7 Å². The molecule has 0 bridgehead atoms. The molecule has 1 amide bonds. The lowest BCUT2D eigenvalue weighted by Gasteiger charge is -2.00. The molecule has 6 nitrogen and oxygen atoms in total. The third kappa shape index (κ3) is 3.60. The first-order valence-corrected chi connectivity index (χ1v) is 7.92. The fraction of sp³-hybridized carbons (Fsp3) is 0.176. The number of amides is 1. The van der Waals surface area contributed by atoms with Crippen molar-refractivity contribution in [3.05, 3.63) is 49.6 Å². The van der Waals surface area contributed by atoms with Gasteiger partial charge in [-0.2, -0.15) is 5.26 Å². The minimum absolute atomic E-state index is 0.0126. The predicted octanol–water partition coefficient (Wildman–Crippen LogP) is -0.423. The molecule has 0 aliphatic heterocycles. The molecule has 0 fully saturated rings. The molecule has 120 valence electrons. The molecule has 2 aromatic heterocycles. The Hall–Kier alpha value is -3.16. The topological polar surface area (TPSA) is 87.8 Å². The third-order valence-electron chi connectivity index (χ3n) is 3.09. The van der Waals surface area contributed by atoms with Crippen molar-refractivity contribution in [1.29, 1.82) is 5.26 Å². The number of nitriles is 1. The van der Waals surface area contributed by atoms with Crippen LogP contribution in [-0.2, 0) is 11.3 Å². The monoisotopic (exact) mass is 338 g/mol. The van der Waals surface area contributed by atoms with Crippen LogP contribution in [0.2, 0.25) is 0 Å². The van der Waals surface area contributed by atoms with Crippen molar-refractivity contribution in [1.82, 2.24) is 14.9 Å². The van der Waals surface area contributed by atoms with Crippen LogP contribution >= 0.6 is 11.3 Å². The molecular weight excluding hydrogens is 324 g/mol. The summed E-state index contributed by atoms with van der Waals surface area (Å²) in [5, 5.41) is 11.8. The van der Waals surface area contributed by atoms with Gasteiger partial charge in [-0.3, -0.25) is 19.1 Å². The van der Waals surface area contributed by atoms with Gasteiger partial charge in [0.15, 0.2) is 5.57 Å². The Morgan fingerprint density at radius 1 is 1.54 bits per heavy atom. The number of carbonyl (C=O) groups is 1. The largest absolute Gasteiger partial charge is 0.340 e. The summed E-state index contributed by atoms with van der Waals surface area (Å²) in [7, 11) is 0. The summed E-state index contributed by atoms with van der Waals surface area (Å²) in [6.45, 7) is 2.13. The molecule has 0 saturated heterocycles. The van der Waals surface area contributed by atoms with Crippen molar-refractivity contribution in [2.75, 3.05) is 6.54 Å². The van der Waals surface area contributed by atoms with Crippen LogP contribution in [0.3, 0.4) is 0 Å². The summed E-state index contributed by atoms with van der Waals surface area (Å²) in [5.41, 5.74) is 0.233. The zero-order valence-corrected chi connectivity index (χ0v) is 13.8. The quantitative estimate of drug-likeness (QED) is 0.767. The number of hydrogen-bond donors (Lipinski definition) is 1. The van der Waals surface area contributed by atoms with Crippen LogP contribution in [0.25, 0.3) is 11.6 Å². The van der Waals surface area contributed by atoms with Gasteiger partial charge in [0.25, 0.3) is 11.5 Å². The van der Waals surface area contributed by atoms with Crippen LogP contribution in [0.5, 0.6) is 0 Å². The number of rotatable bonds is 4. The van der Waals surface area contributed by atoms with Crippen molar-refractivity contribution in [2.24, 2.45) is 0 Å². The zero-order valence-electron chi connectivity index (χ0n) is 12.9. The minimum atomic E-state index is -0.594. The Morgan fingerprint density at radius 3 is 2.92 bits per heavy atom. The highest BCUT2D eigenvalue weighted by atomic mass is 32.1. The van der Waals surface area contributed by atoms with E-state index in [0.717, 1.165) is 11.3 Å². The SMILES string of the molecule is C#CCNC(=O)C(C#N)=c1sc(=Cc2ccccn2)c(=O)n1CC. The molecule has 2 rings (SSSR count). The van der Waals surface area contributed by atoms with E-state index in [1.54, 1.807) is 31.3 Å². The molecule has 2 aromatic rings. The smallest absolute Gasteiger partial charge is 0.269 e. The summed E-state index contributed by atoms with van der Waals surface area (Å²) < 4.78 is 2.11. The van der Waals surface area contributed by atoms with Crippen LogP contribution in [0.1, 0.15) is 12.6 Å². The maximum atomic E-state index is 12.5. The van der Waals surface area contributed by atoms with E-state index in [1.165, 1.54) is 4.57 Å². The van der Waals surface area contributed by atoms with Crippen molar-refractivity contribution < 1.29 is 4.79 Å². The molecule has 0 unspecified atom stereocenters.